The van der Waals surface area contributed by atoms with E-state index in [1.807, 2.05) is 19.1 Å². The van der Waals surface area contributed by atoms with Gasteiger partial charge in [-0.1, -0.05) is 6.07 Å². The Labute approximate surface area is 165 Å². The number of hydrogen-bond donors (Lipinski definition) is 1. The Balaban J connectivity index is 2.08. The van der Waals surface area contributed by atoms with E-state index in [-0.39, 0.29) is 17.1 Å². The standard InChI is InChI=1S/C19H20BrNO6/c1-11-5-7-14(13(20)9-11)21-16(22)10-27-19(23)12-6-8-15(24-2)18(26-4)17(12)25-3/h5-9H,10H2,1-4H3,(H,21,22). The molecule has 0 aliphatic rings. The molecule has 2 rings (SSSR count). The minimum Gasteiger partial charge on any atom is -0.493 e. The molecule has 0 atom stereocenters. The van der Waals surface area contributed by atoms with Gasteiger partial charge in [0.25, 0.3) is 5.91 Å². The van der Waals surface area contributed by atoms with E-state index in [1.54, 1.807) is 12.1 Å². The largest absolute Gasteiger partial charge is 0.493 e. The molecule has 27 heavy (non-hydrogen) atoms. The summed E-state index contributed by atoms with van der Waals surface area (Å²) in [6.07, 6.45) is 0. The van der Waals surface area contributed by atoms with Crippen molar-refractivity contribution in [3.05, 3.63) is 45.9 Å². The van der Waals surface area contributed by atoms with Crippen molar-refractivity contribution in [2.75, 3.05) is 33.3 Å². The normalized spacial score (nSPS) is 10.1. The van der Waals surface area contributed by atoms with E-state index in [1.165, 1.54) is 27.4 Å². The van der Waals surface area contributed by atoms with Gasteiger partial charge in [0.1, 0.15) is 5.56 Å². The Morgan fingerprint density at radius 2 is 1.70 bits per heavy atom. The third kappa shape index (κ3) is 4.91. The number of halogens is 1. The lowest BCUT2D eigenvalue weighted by Gasteiger charge is -2.15. The first-order valence-electron chi connectivity index (χ1n) is 7.93. The molecule has 0 unspecified atom stereocenters. The lowest BCUT2D eigenvalue weighted by molar-refractivity contribution is -0.119. The average Bonchev–Trinajstić information content (AvgIpc) is 2.66. The fourth-order valence-corrected chi connectivity index (χ4v) is 2.97. The summed E-state index contributed by atoms with van der Waals surface area (Å²) >= 11 is 3.38. The average molecular weight is 438 g/mol. The summed E-state index contributed by atoms with van der Waals surface area (Å²) in [6.45, 7) is 1.49. The van der Waals surface area contributed by atoms with E-state index in [0.717, 1.165) is 10.0 Å². The van der Waals surface area contributed by atoms with Crippen LogP contribution in [0.2, 0.25) is 0 Å². The van der Waals surface area contributed by atoms with Gasteiger partial charge in [0, 0.05) is 4.47 Å². The minimum atomic E-state index is -0.717. The van der Waals surface area contributed by atoms with Crippen LogP contribution >= 0.6 is 15.9 Å². The highest BCUT2D eigenvalue weighted by atomic mass is 79.9. The topological polar surface area (TPSA) is 83.1 Å². The Kier molecular flexibility index (Phi) is 7.06. The lowest BCUT2D eigenvalue weighted by Crippen LogP contribution is -2.21. The van der Waals surface area contributed by atoms with E-state index >= 15 is 0 Å². The number of benzene rings is 2. The Morgan fingerprint density at radius 1 is 1.00 bits per heavy atom. The zero-order chi connectivity index (χ0) is 20.0. The predicted octanol–water partition coefficient (Wildman–Crippen LogP) is 3.58. The number of amides is 1. The minimum absolute atomic E-state index is 0.125. The molecule has 0 bridgehead atoms. The number of carbonyl (C=O) groups excluding carboxylic acids is 2. The number of aryl methyl sites for hydroxylation is 1. The first-order valence-corrected chi connectivity index (χ1v) is 8.72. The van der Waals surface area contributed by atoms with E-state index in [2.05, 4.69) is 21.2 Å². The van der Waals surface area contributed by atoms with Gasteiger partial charge in [-0.2, -0.15) is 0 Å². The van der Waals surface area contributed by atoms with Crippen LogP contribution in [-0.4, -0.2) is 39.8 Å². The summed E-state index contributed by atoms with van der Waals surface area (Å²) < 4.78 is 21.5. The maximum atomic E-state index is 12.4. The number of methoxy groups -OCH3 is 3. The van der Waals surface area contributed by atoms with Gasteiger partial charge in [0.2, 0.25) is 5.75 Å². The molecule has 0 aliphatic carbocycles. The fraction of sp³-hybridized carbons (Fsp3) is 0.263. The molecule has 0 fully saturated rings. The fourth-order valence-electron chi connectivity index (χ4n) is 2.38. The number of rotatable bonds is 7. The molecule has 144 valence electrons. The molecule has 0 heterocycles. The number of hydrogen-bond acceptors (Lipinski definition) is 6. The molecule has 8 heteroatoms. The van der Waals surface area contributed by atoms with Gasteiger partial charge in [-0.3, -0.25) is 4.79 Å². The monoisotopic (exact) mass is 437 g/mol. The number of esters is 1. The molecule has 0 radical (unpaired) electrons. The van der Waals surface area contributed by atoms with Gasteiger partial charge in [0.15, 0.2) is 18.1 Å². The van der Waals surface area contributed by atoms with Crippen molar-refractivity contribution < 1.29 is 28.5 Å². The van der Waals surface area contributed by atoms with Crippen molar-refractivity contribution in [1.29, 1.82) is 0 Å². The van der Waals surface area contributed by atoms with Gasteiger partial charge in [-0.25, -0.2) is 4.79 Å². The Morgan fingerprint density at radius 3 is 2.30 bits per heavy atom. The molecule has 0 saturated carbocycles. The second-order valence-corrected chi connectivity index (χ2v) is 6.34. The van der Waals surface area contributed by atoms with Crippen LogP contribution in [0.4, 0.5) is 5.69 Å². The lowest BCUT2D eigenvalue weighted by atomic mass is 10.1. The molecule has 1 N–H and O–H groups in total. The molecule has 0 saturated heterocycles. The first kappa shape index (κ1) is 20.6. The van der Waals surface area contributed by atoms with E-state index in [4.69, 9.17) is 18.9 Å². The molecule has 0 spiro atoms. The molecular formula is C19H20BrNO6. The number of ether oxygens (including phenoxy) is 4. The van der Waals surface area contributed by atoms with Crippen LogP contribution in [0.25, 0.3) is 0 Å². The van der Waals surface area contributed by atoms with E-state index in [0.29, 0.717) is 11.4 Å². The summed E-state index contributed by atoms with van der Waals surface area (Å²) in [7, 11) is 4.31. The zero-order valence-corrected chi connectivity index (χ0v) is 17.0. The summed E-state index contributed by atoms with van der Waals surface area (Å²) in [4.78, 5) is 24.5. The quantitative estimate of drug-likeness (QED) is 0.666. The van der Waals surface area contributed by atoms with Crippen LogP contribution in [-0.2, 0) is 9.53 Å². The van der Waals surface area contributed by atoms with Gasteiger partial charge in [-0.05, 0) is 52.7 Å². The van der Waals surface area contributed by atoms with Crippen LogP contribution in [0.1, 0.15) is 15.9 Å². The zero-order valence-electron chi connectivity index (χ0n) is 15.4. The third-order valence-electron chi connectivity index (χ3n) is 3.66. The molecule has 1 amide bonds. The molecule has 0 aromatic heterocycles. The van der Waals surface area contributed by atoms with E-state index < -0.39 is 18.5 Å². The highest BCUT2D eigenvalue weighted by molar-refractivity contribution is 9.10. The summed E-state index contributed by atoms with van der Waals surface area (Å²) in [5, 5.41) is 2.67. The van der Waals surface area contributed by atoms with Crippen molar-refractivity contribution in [3.63, 3.8) is 0 Å². The smallest absolute Gasteiger partial charge is 0.342 e. The molecule has 2 aromatic carbocycles. The second-order valence-electron chi connectivity index (χ2n) is 5.49. The van der Waals surface area contributed by atoms with Crippen LogP contribution in [0, 0.1) is 6.92 Å². The van der Waals surface area contributed by atoms with Crippen LogP contribution in [0.15, 0.2) is 34.8 Å². The highest BCUT2D eigenvalue weighted by Gasteiger charge is 2.22. The highest BCUT2D eigenvalue weighted by Crippen LogP contribution is 2.39. The van der Waals surface area contributed by atoms with Crippen molar-refractivity contribution >= 4 is 33.5 Å². The van der Waals surface area contributed by atoms with Crippen molar-refractivity contribution in [2.24, 2.45) is 0 Å². The number of anilines is 1. The number of nitrogens with one attached hydrogen (secondary N) is 1. The number of carbonyl (C=O) groups is 2. The maximum absolute atomic E-state index is 12.4. The van der Waals surface area contributed by atoms with Gasteiger partial charge < -0.3 is 24.3 Å². The van der Waals surface area contributed by atoms with Crippen LogP contribution < -0.4 is 19.5 Å². The summed E-state index contributed by atoms with van der Waals surface area (Å²) in [5.41, 5.74) is 1.76. The SMILES string of the molecule is COc1ccc(C(=O)OCC(=O)Nc2ccc(C)cc2Br)c(OC)c1OC. The Hall–Kier alpha value is -2.74. The van der Waals surface area contributed by atoms with Gasteiger partial charge in [-0.15, -0.1) is 0 Å². The maximum Gasteiger partial charge on any atom is 0.342 e. The van der Waals surface area contributed by atoms with Gasteiger partial charge >= 0.3 is 5.97 Å². The van der Waals surface area contributed by atoms with E-state index in [9.17, 15) is 9.59 Å². The Bertz CT molecular complexity index is 852. The molecular weight excluding hydrogens is 418 g/mol. The summed E-state index contributed by atoms with van der Waals surface area (Å²) in [5.74, 6) is -0.336. The van der Waals surface area contributed by atoms with Crippen molar-refractivity contribution in [1.82, 2.24) is 0 Å². The predicted molar refractivity (Wildman–Crippen MR) is 104 cm³/mol. The van der Waals surface area contributed by atoms with Crippen LogP contribution in [0.5, 0.6) is 17.2 Å². The molecule has 7 nitrogen and oxygen atoms in total. The van der Waals surface area contributed by atoms with Crippen LogP contribution in [0.3, 0.4) is 0 Å². The van der Waals surface area contributed by atoms with Crippen molar-refractivity contribution in [2.45, 2.75) is 6.92 Å². The second kappa shape index (κ2) is 9.27. The van der Waals surface area contributed by atoms with Crippen molar-refractivity contribution in [3.8, 4) is 17.2 Å². The third-order valence-corrected chi connectivity index (χ3v) is 4.31. The molecule has 2 aromatic rings. The summed E-state index contributed by atoms with van der Waals surface area (Å²) in [6, 6.07) is 8.53. The molecule has 0 aliphatic heterocycles. The van der Waals surface area contributed by atoms with Gasteiger partial charge in [0.05, 0.1) is 27.0 Å². The first-order chi connectivity index (χ1) is 12.9.